The quantitative estimate of drug-likeness (QED) is 0.682. The zero-order valence-corrected chi connectivity index (χ0v) is 16.4. The number of likely N-dealkylation sites (N-methyl/N-ethyl adjacent to an activating group) is 1. The summed E-state index contributed by atoms with van der Waals surface area (Å²) in [7, 11) is 1.99. The fourth-order valence-electron chi connectivity index (χ4n) is 2.95. The van der Waals surface area contributed by atoms with Gasteiger partial charge in [0.25, 0.3) is 5.91 Å². The summed E-state index contributed by atoms with van der Waals surface area (Å²) in [6.45, 7) is 4.78. The molecule has 0 aromatic carbocycles. The minimum Gasteiger partial charge on any atom is -0.359 e. The normalized spacial score (nSPS) is 10.5. The van der Waals surface area contributed by atoms with Crippen LogP contribution < -0.4 is 10.2 Å². The maximum Gasteiger partial charge on any atom is 0.270 e. The van der Waals surface area contributed by atoms with Gasteiger partial charge in [0.1, 0.15) is 17.3 Å². The van der Waals surface area contributed by atoms with Gasteiger partial charge >= 0.3 is 0 Å². The molecule has 0 saturated heterocycles. The Kier molecular flexibility index (Phi) is 6.26. The van der Waals surface area contributed by atoms with E-state index >= 15 is 0 Å². The third kappa shape index (κ3) is 5.09. The number of nitrogens with one attached hydrogen (secondary N) is 1. The molecule has 144 valence electrons. The highest BCUT2D eigenvalue weighted by molar-refractivity contribution is 5.92. The first kappa shape index (κ1) is 19.4. The van der Waals surface area contributed by atoms with Crippen molar-refractivity contribution >= 4 is 11.7 Å². The molecular formula is C21H24N6O. The van der Waals surface area contributed by atoms with Gasteiger partial charge in [0, 0.05) is 55.9 Å². The summed E-state index contributed by atoms with van der Waals surface area (Å²) in [5, 5.41) is 2.93. The maximum atomic E-state index is 12.5. The van der Waals surface area contributed by atoms with E-state index in [9.17, 15) is 4.79 Å². The standard InChI is InChI=1S/C21H24N6O/c1-15-13-19(26-16(2)25-15)21(28)24-14-17-7-6-11-23-20(17)27(3)12-9-18-8-4-5-10-22-18/h4-8,10-11,13H,9,12,14H2,1-3H3,(H,24,28). The molecule has 0 spiro atoms. The molecule has 3 aromatic rings. The lowest BCUT2D eigenvalue weighted by Gasteiger charge is -2.21. The van der Waals surface area contributed by atoms with Crippen LogP contribution in [-0.4, -0.2) is 39.4 Å². The molecule has 1 N–H and O–H groups in total. The molecule has 7 nitrogen and oxygen atoms in total. The van der Waals surface area contributed by atoms with Crippen LogP contribution in [0, 0.1) is 13.8 Å². The lowest BCUT2D eigenvalue weighted by molar-refractivity contribution is 0.0945. The summed E-state index contributed by atoms with van der Waals surface area (Å²) in [4.78, 5) is 31.8. The number of aryl methyl sites for hydroxylation is 2. The molecule has 0 unspecified atom stereocenters. The van der Waals surface area contributed by atoms with Crippen LogP contribution in [0.3, 0.4) is 0 Å². The van der Waals surface area contributed by atoms with Crippen molar-refractivity contribution in [3.63, 3.8) is 0 Å². The van der Waals surface area contributed by atoms with E-state index in [1.165, 1.54) is 0 Å². The summed E-state index contributed by atoms with van der Waals surface area (Å²) in [5.74, 6) is 1.20. The number of hydrogen-bond acceptors (Lipinski definition) is 6. The molecule has 7 heteroatoms. The highest BCUT2D eigenvalue weighted by Crippen LogP contribution is 2.16. The van der Waals surface area contributed by atoms with E-state index in [-0.39, 0.29) is 5.91 Å². The van der Waals surface area contributed by atoms with Crippen molar-refractivity contribution in [3.8, 4) is 0 Å². The van der Waals surface area contributed by atoms with E-state index in [1.54, 1.807) is 25.4 Å². The largest absolute Gasteiger partial charge is 0.359 e. The van der Waals surface area contributed by atoms with E-state index in [4.69, 9.17) is 0 Å². The highest BCUT2D eigenvalue weighted by Gasteiger charge is 2.13. The Morgan fingerprint density at radius 2 is 1.89 bits per heavy atom. The molecule has 0 saturated carbocycles. The summed E-state index contributed by atoms with van der Waals surface area (Å²) >= 11 is 0. The molecule has 0 bridgehead atoms. The summed E-state index contributed by atoms with van der Waals surface area (Å²) in [6.07, 6.45) is 4.38. The van der Waals surface area contributed by atoms with E-state index in [2.05, 4.69) is 30.2 Å². The third-order valence-corrected chi connectivity index (χ3v) is 4.30. The fraction of sp³-hybridized carbons (Fsp3) is 0.286. The number of carbonyl (C=O) groups is 1. The Hall–Kier alpha value is -3.35. The second-order valence-electron chi connectivity index (χ2n) is 6.60. The van der Waals surface area contributed by atoms with Gasteiger partial charge in [-0.2, -0.15) is 0 Å². The van der Waals surface area contributed by atoms with Gasteiger partial charge in [-0.25, -0.2) is 15.0 Å². The molecule has 0 aliphatic carbocycles. The van der Waals surface area contributed by atoms with Gasteiger partial charge in [0.05, 0.1) is 0 Å². The molecule has 1 amide bonds. The summed E-state index contributed by atoms with van der Waals surface area (Å²) < 4.78 is 0. The molecule has 0 aliphatic rings. The molecule has 0 atom stereocenters. The van der Waals surface area contributed by atoms with Crippen LogP contribution in [0.15, 0.2) is 48.8 Å². The van der Waals surface area contributed by atoms with Crippen LogP contribution in [-0.2, 0) is 13.0 Å². The van der Waals surface area contributed by atoms with Gasteiger partial charge in [-0.05, 0) is 38.1 Å². The second-order valence-corrected chi connectivity index (χ2v) is 6.60. The lowest BCUT2D eigenvalue weighted by atomic mass is 10.2. The fourth-order valence-corrected chi connectivity index (χ4v) is 2.95. The summed E-state index contributed by atoms with van der Waals surface area (Å²) in [6, 6.07) is 11.4. The summed E-state index contributed by atoms with van der Waals surface area (Å²) in [5.41, 5.74) is 3.13. The highest BCUT2D eigenvalue weighted by atomic mass is 16.1. The van der Waals surface area contributed by atoms with Gasteiger partial charge in [-0.1, -0.05) is 12.1 Å². The van der Waals surface area contributed by atoms with Crippen molar-refractivity contribution in [3.05, 3.63) is 77.3 Å². The van der Waals surface area contributed by atoms with E-state index in [1.807, 2.05) is 44.3 Å². The minimum absolute atomic E-state index is 0.223. The van der Waals surface area contributed by atoms with Crippen molar-refractivity contribution in [2.75, 3.05) is 18.5 Å². The average molecular weight is 376 g/mol. The average Bonchev–Trinajstić information content (AvgIpc) is 2.70. The Morgan fingerprint density at radius 1 is 1.07 bits per heavy atom. The SMILES string of the molecule is Cc1cc(C(=O)NCc2cccnc2N(C)CCc2ccccn2)nc(C)n1. The zero-order chi connectivity index (χ0) is 19.9. The number of anilines is 1. The Bertz CT molecular complexity index is 924. The Labute approximate surface area is 164 Å². The number of aromatic nitrogens is 4. The smallest absolute Gasteiger partial charge is 0.270 e. The third-order valence-electron chi connectivity index (χ3n) is 4.30. The molecular weight excluding hydrogens is 352 g/mol. The van der Waals surface area contributed by atoms with E-state index in [0.29, 0.717) is 18.1 Å². The van der Waals surface area contributed by atoms with Crippen LogP contribution in [0.25, 0.3) is 0 Å². The van der Waals surface area contributed by atoms with Crippen molar-refractivity contribution in [1.29, 1.82) is 0 Å². The van der Waals surface area contributed by atoms with Crippen molar-refractivity contribution in [1.82, 2.24) is 25.3 Å². The predicted molar refractivity (Wildman–Crippen MR) is 108 cm³/mol. The van der Waals surface area contributed by atoms with Crippen molar-refractivity contribution in [2.45, 2.75) is 26.8 Å². The molecule has 0 fully saturated rings. The van der Waals surface area contributed by atoms with Gasteiger partial charge < -0.3 is 10.2 Å². The van der Waals surface area contributed by atoms with Crippen LogP contribution in [0.1, 0.15) is 33.3 Å². The number of carbonyl (C=O) groups excluding carboxylic acids is 1. The van der Waals surface area contributed by atoms with E-state index in [0.717, 1.165) is 35.7 Å². The van der Waals surface area contributed by atoms with Crippen LogP contribution in [0.4, 0.5) is 5.82 Å². The Balaban J connectivity index is 1.65. The van der Waals surface area contributed by atoms with Crippen LogP contribution >= 0.6 is 0 Å². The molecule has 0 aliphatic heterocycles. The van der Waals surface area contributed by atoms with Crippen molar-refractivity contribution < 1.29 is 4.79 Å². The second kappa shape index (κ2) is 9.03. The van der Waals surface area contributed by atoms with Gasteiger partial charge in [0.2, 0.25) is 0 Å². The Morgan fingerprint density at radius 3 is 2.64 bits per heavy atom. The first-order chi connectivity index (χ1) is 13.5. The predicted octanol–water partition coefficient (Wildman–Crippen LogP) is 2.49. The monoisotopic (exact) mass is 376 g/mol. The van der Waals surface area contributed by atoms with Crippen LogP contribution in [0.2, 0.25) is 0 Å². The number of hydrogen-bond donors (Lipinski definition) is 1. The molecule has 3 heterocycles. The van der Waals surface area contributed by atoms with Gasteiger partial charge in [0.15, 0.2) is 0 Å². The van der Waals surface area contributed by atoms with Gasteiger partial charge in [-0.3, -0.25) is 9.78 Å². The first-order valence-electron chi connectivity index (χ1n) is 9.18. The topological polar surface area (TPSA) is 83.9 Å². The number of rotatable bonds is 7. The first-order valence-corrected chi connectivity index (χ1v) is 9.18. The van der Waals surface area contributed by atoms with Gasteiger partial charge in [-0.15, -0.1) is 0 Å². The maximum absolute atomic E-state index is 12.5. The molecule has 3 aromatic heterocycles. The number of nitrogens with zero attached hydrogens (tertiary/aromatic N) is 5. The molecule has 28 heavy (non-hydrogen) atoms. The number of pyridine rings is 2. The number of amides is 1. The van der Waals surface area contributed by atoms with Crippen LogP contribution in [0.5, 0.6) is 0 Å². The zero-order valence-electron chi connectivity index (χ0n) is 16.4. The molecule has 3 rings (SSSR count). The van der Waals surface area contributed by atoms with E-state index < -0.39 is 0 Å². The molecule has 0 radical (unpaired) electrons. The lowest BCUT2D eigenvalue weighted by Crippen LogP contribution is -2.27. The van der Waals surface area contributed by atoms with Crippen molar-refractivity contribution in [2.24, 2.45) is 0 Å². The minimum atomic E-state index is -0.223.